The van der Waals surface area contributed by atoms with Gasteiger partial charge in [0, 0.05) is 23.7 Å². The van der Waals surface area contributed by atoms with E-state index < -0.39 is 18.1 Å². The number of rotatable bonds is 2. The molecule has 4 nitrogen and oxygen atoms in total. The molecular weight excluding hydrogens is 230 g/mol. The molecule has 0 saturated carbocycles. The number of carbonyl (C=O) groups is 1. The second-order valence-electron chi connectivity index (χ2n) is 3.87. The highest BCUT2D eigenvalue weighted by atomic mass is 35.5. The first-order chi connectivity index (χ1) is 7.58. The van der Waals surface area contributed by atoms with E-state index >= 15 is 0 Å². The summed E-state index contributed by atoms with van der Waals surface area (Å²) in [5.74, 6) is -0.911. The van der Waals surface area contributed by atoms with Gasteiger partial charge >= 0.3 is 5.97 Å². The van der Waals surface area contributed by atoms with Gasteiger partial charge in [0.25, 0.3) is 0 Å². The molecule has 2 atom stereocenters. The summed E-state index contributed by atoms with van der Waals surface area (Å²) in [4.78, 5) is 12.7. The third-order valence-corrected chi connectivity index (χ3v) is 2.97. The Kier molecular flexibility index (Phi) is 3.03. The van der Waals surface area contributed by atoms with Crippen LogP contribution in [0.2, 0.25) is 5.02 Å². The number of aliphatic carboxylic acids is 1. The van der Waals surface area contributed by atoms with Crippen molar-refractivity contribution in [2.24, 2.45) is 0 Å². The van der Waals surface area contributed by atoms with E-state index in [9.17, 15) is 9.90 Å². The Morgan fingerprint density at radius 1 is 1.38 bits per heavy atom. The van der Waals surface area contributed by atoms with Crippen molar-refractivity contribution in [3.8, 4) is 0 Å². The number of carboxylic acid groups (broad SMARTS) is 1. The van der Waals surface area contributed by atoms with Crippen LogP contribution in [0.25, 0.3) is 0 Å². The minimum absolute atomic E-state index is 0.262. The molecule has 1 heterocycles. The van der Waals surface area contributed by atoms with E-state index in [4.69, 9.17) is 16.7 Å². The Labute approximate surface area is 98.1 Å². The lowest BCUT2D eigenvalue weighted by Crippen LogP contribution is -2.35. The van der Waals surface area contributed by atoms with Crippen LogP contribution in [-0.4, -0.2) is 34.9 Å². The Hall–Kier alpha value is -1.26. The van der Waals surface area contributed by atoms with Crippen LogP contribution in [0.5, 0.6) is 0 Å². The minimum atomic E-state index is -0.911. The van der Waals surface area contributed by atoms with Gasteiger partial charge in [0.05, 0.1) is 6.10 Å². The van der Waals surface area contributed by atoms with Crippen molar-refractivity contribution in [1.82, 2.24) is 0 Å². The summed E-state index contributed by atoms with van der Waals surface area (Å²) in [5.41, 5.74) is 0.772. The molecule has 16 heavy (non-hydrogen) atoms. The number of β-amino-alcohol motifs (C(OH)–C–C–N with tert-alkyl or cyclic N) is 1. The van der Waals surface area contributed by atoms with E-state index in [2.05, 4.69) is 0 Å². The SMILES string of the molecule is O=C(O)[C@@H]1C[C@@H](O)CN1c1ccc(Cl)cc1. The van der Waals surface area contributed by atoms with Crippen LogP contribution in [0.3, 0.4) is 0 Å². The summed E-state index contributed by atoms with van der Waals surface area (Å²) in [6.45, 7) is 0.346. The zero-order chi connectivity index (χ0) is 11.7. The summed E-state index contributed by atoms with van der Waals surface area (Å²) in [6.07, 6.45) is -0.324. The molecule has 1 aliphatic heterocycles. The van der Waals surface area contributed by atoms with Gasteiger partial charge in [0.15, 0.2) is 0 Å². The zero-order valence-electron chi connectivity index (χ0n) is 8.51. The number of hydrogen-bond donors (Lipinski definition) is 2. The van der Waals surface area contributed by atoms with Crippen molar-refractivity contribution in [2.75, 3.05) is 11.4 Å². The molecule has 0 radical (unpaired) electrons. The maximum Gasteiger partial charge on any atom is 0.326 e. The van der Waals surface area contributed by atoms with Gasteiger partial charge in [-0.1, -0.05) is 11.6 Å². The maximum absolute atomic E-state index is 11.0. The van der Waals surface area contributed by atoms with Gasteiger partial charge in [-0.3, -0.25) is 0 Å². The molecule has 2 rings (SSSR count). The van der Waals surface area contributed by atoms with Crippen LogP contribution in [0, 0.1) is 0 Å². The molecule has 0 aliphatic carbocycles. The summed E-state index contributed by atoms with van der Waals surface area (Å²) < 4.78 is 0. The van der Waals surface area contributed by atoms with Crippen molar-refractivity contribution in [3.05, 3.63) is 29.3 Å². The van der Waals surface area contributed by atoms with Crippen LogP contribution >= 0.6 is 11.6 Å². The lowest BCUT2D eigenvalue weighted by Gasteiger charge is -2.23. The van der Waals surface area contributed by atoms with Crippen molar-refractivity contribution in [1.29, 1.82) is 0 Å². The fourth-order valence-corrected chi connectivity index (χ4v) is 2.09. The largest absolute Gasteiger partial charge is 0.480 e. The van der Waals surface area contributed by atoms with Crippen molar-refractivity contribution < 1.29 is 15.0 Å². The molecular formula is C11H12ClNO3. The topological polar surface area (TPSA) is 60.8 Å². The standard InChI is InChI=1S/C11H12ClNO3/c12-7-1-3-8(4-2-7)13-6-9(14)5-10(13)11(15)16/h1-4,9-10,14H,5-6H2,(H,15,16)/t9-,10+/m1/s1. The Morgan fingerprint density at radius 3 is 2.56 bits per heavy atom. The van der Waals surface area contributed by atoms with Gasteiger partial charge in [-0.05, 0) is 24.3 Å². The summed E-state index contributed by atoms with van der Waals surface area (Å²) in [7, 11) is 0. The van der Waals surface area contributed by atoms with Gasteiger partial charge < -0.3 is 15.1 Å². The molecule has 86 valence electrons. The van der Waals surface area contributed by atoms with Crippen molar-refractivity contribution in [3.63, 3.8) is 0 Å². The maximum atomic E-state index is 11.0. The predicted octanol–water partition coefficient (Wildman–Crippen LogP) is 1.36. The molecule has 1 saturated heterocycles. The fourth-order valence-electron chi connectivity index (χ4n) is 1.97. The molecule has 1 aliphatic rings. The van der Waals surface area contributed by atoms with Gasteiger partial charge in [-0.2, -0.15) is 0 Å². The Morgan fingerprint density at radius 2 is 2.00 bits per heavy atom. The second-order valence-corrected chi connectivity index (χ2v) is 4.31. The number of nitrogens with zero attached hydrogens (tertiary/aromatic N) is 1. The smallest absolute Gasteiger partial charge is 0.326 e. The summed E-state index contributed by atoms with van der Waals surface area (Å²) >= 11 is 5.76. The molecule has 0 amide bonds. The van der Waals surface area contributed by atoms with E-state index in [1.807, 2.05) is 0 Å². The van der Waals surface area contributed by atoms with Crippen LogP contribution in [-0.2, 0) is 4.79 Å². The predicted molar refractivity (Wildman–Crippen MR) is 60.8 cm³/mol. The first kappa shape index (κ1) is 11.2. The molecule has 1 aromatic rings. The third-order valence-electron chi connectivity index (χ3n) is 2.72. The van der Waals surface area contributed by atoms with Crippen LogP contribution in [0.4, 0.5) is 5.69 Å². The monoisotopic (exact) mass is 241 g/mol. The lowest BCUT2D eigenvalue weighted by atomic mass is 10.2. The van der Waals surface area contributed by atoms with E-state index in [0.29, 0.717) is 11.6 Å². The van der Waals surface area contributed by atoms with E-state index in [0.717, 1.165) is 5.69 Å². The van der Waals surface area contributed by atoms with Gasteiger partial charge in [0.2, 0.25) is 0 Å². The van der Waals surface area contributed by atoms with Gasteiger partial charge in [0.1, 0.15) is 6.04 Å². The highest BCUT2D eigenvalue weighted by Gasteiger charge is 2.35. The van der Waals surface area contributed by atoms with Crippen LogP contribution in [0.1, 0.15) is 6.42 Å². The molecule has 0 aromatic heterocycles. The number of halogens is 1. The van der Waals surface area contributed by atoms with Crippen LogP contribution < -0.4 is 4.90 Å². The molecule has 0 spiro atoms. The number of aliphatic hydroxyl groups excluding tert-OH is 1. The Balaban J connectivity index is 2.25. The van der Waals surface area contributed by atoms with Gasteiger partial charge in [-0.25, -0.2) is 4.79 Å². The molecule has 2 N–H and O–H groups in total. The average Bonchev–Trinajstić information content (AvgIpc) is 2.61. The van der Waals surface area contributed by atoms with E-state index in [1.54, 1.807) is 29.2 Å². The van der Waals surface area contributed by atoms with Gasteiger partial charge in [-0.15, -0.1) is 0 Å². The zero-order valence-corrected chi connectivity index (χ0v) is 9.26. The van der Waals surface area contributed by atoms with Crippen molar-refractivity contribution >= 4 is 23.3 Å². The molecule has 5 heteroatoms. The van der Waals surface area contributed by atoms with E-state index in [1.165, 1.54) is 0 Å². The van der Waals surface area contributed by atoms with Crippen LogP contribution in [0.15, 0.2) is 24.3 Å². The fraction of sp³-hybridized carbons (Fsp3) is 0.364. The highest BCUT2D eigenvalue weighted by molar-refractivity contribution is 6.30. The second kappa shape index (κ2) is 4.31. The highest BCUT2D eigenvalue weighted by Crippen LogP contribution is 2.27. The summed E-state index contributed by atoms with van der Waals surface area (Å²) in [6, 6.07) is 6.28. The lowest BCUT2D eigenvalue weighted by molar-refractivity contribution is -0.138. The van der Waals surface area contributed by atoms with Crippen molar-refractivity contribution in [2.45, 2.75) is 18.6 Å². The number of hydrogen-bond acceptors (Lipinski definition) is 3. The quantitative estimate of drug-likeness (QED) is 0.821. The first-order valence-corrected chi connectivity index (χ1v) is 5.39. The van der Waals surface area contributed by atoms with E-state index in [-0.39, 0.29) is 6.42 Å². The Bertz CT molecular complexity index is 393. The molecule has 0 bridgehead atoms. The minimum Gasteiger partial charge on any atom is -0.480 e. The number of carboxylic acids is 1. The third kappa shape index (κ3) is 2.13. The normalized spacial score (nSPS) is 24.8. The average molecular weight is 242 g/mol. The number of aliphatic hydroxyl groups is 1. The molecule has 1 fully saturated rings. The molecule has 0 unspecified atom stereocenters. The summed E-state index contributed by atoms with van der Waals surface area (Å²) in [5, 5.41) is 19.1. The first-order valence-electron chi connectivity index (χ1n) is 5.01. The molecule has 1 aromatic carbocycles. The number of benzene rings is 1. The number of anilines is 1.